The number of hydrogen-bond acceptors (Lipinski definition) is 7. The molecule has 7 nitrogen and oxygen atoms in total. The highest BCUT2D eigenvalue weighted by molar-refractivity contribution is 7.93. The molecule has 1 fully saturated rings. The van der Waals surface area contributed by atoms with E-state index in [1.165, 1.54) is 13.8 Å². The van der Waals surface area contributed by atoms with Gasteiger partial charge in [0.1, 0.15) is 16.2 Å². The summed E-state index contributed by atoms with van der Waals surface area (Å²) < 4.78 is 28.6. The number of rotatable bonds is 7. The van der Waals surface area contributed by atoms with Crippen molar-refractivity contribution in [3.8, 4) is 0 Å². The molecule has 24 heavy (non-hydrogen) atoms. The molecule has 1 saturated carbocycles. The number of ketones is 1. The zero-order valence-corrected chi connectivity index (χ0v) is 14.9. The molecule has 1 aromatic rings. The van der Waals surface area contributed by atoms with E-state index < -0.39 is 14.6 Å². The molecule has 0 spiro atoms. The highest BCUT2D eigenvalue weighted by Crippen LogP contribution is 2.34. The molecule has 1 aromatic heterocycles. The summed E-state index contributed by atoms with van der Waals surface area (Å²) in [6, 6.07) is 1.75. The molecule has 0 saturated heterocycles. The fourth-order valence-corrected chi connectivity index (χ4v) is 4.30. The van der Waals surface area contributed by atoms with Gasteiger partial charge in [-0.2, -0.15) is 10.2 Å². The molecular weight excluding hydrogens is 330 g/mol. The van der Waals surface area contributed by atoms with E-state index >= 15 is 0 Å². The Kier molecular flexibility index (Phi) is 4.19. The maximum atomic E-state index is 12.6. The van der Waals surface area contributed by atoms with Gasteiger partial charge < -0.3 is 4.52 Å². The fraction of sp³-hybridized carbons (Fsp3) is 0.625. The highest BCUT2D eigenvalue weighted by atomic mass is 32.2. The third-order valence-corrected chi connectivity index (χ3v) is 7.27. The third-order valence-electron chi connectivity index (χ3n) is 4.57. The van der Waals surface area contributed by atoms with E-state index in [9.17, 15) is 13.2 Å². The average Bonchev–Trinajstić information content (AvgIpc) is 2.99. The topological polar surface area (TPSA) is 102 Å². The van der Waals surface area contributed by atoms with Gasteiger partial charge in [-0.3, -0.25) is 4.79 Å². The molecule has 3 rings (SSSR count). The lowest BCUT2D eigenvalue weighted by Crippen LogP contribution is -2.43. The van der Waals surface area contributed by atoms with Crippen molar-refractivity contribution < 1.29 is 17.7 Å². The zero-order chi connectivity index (χ0) is 17.5. The molecule has 0 atom stereocenters. The SMILES string of the molecule is Cc1cc(C2=NN=C(CC(=O)C(C)(C)S(=O)(=O)CC3CC3)C2)no1. The first-order chi connectivity index (χ1) is 11.2. The van der Waals surface area contributed by atoms with Crippen molar-refractivity contribution in [2.45, 2.75) is 51.2 Å². The van der Waals surface area contributed by atoms with E-state index in [2.05, 4.69) is 15.4 Å². The van der Waals surface area contributed by atoms with Crippen molar-refractivity contribution in [1.82, 2.24) is 5.16 Å². The molecule has 1 aliphatic heterocycles. The van der Waals surface area contributed by atoms with Gasteiger partial charge in [-0.1, -0.05) is 5.16 Å². The van der Waals surface area contributed by atoms with Crippen LogP contribution in [0.3, 0.4) is 0 Å². The second-order valence-electron chi connectivity index (χ2n) is 7.05. The lowest BCUT2D eigenvalue weighted by Gasteiger charge is -2.23. The van der Waals surface area contributed by atoms with Crippen molar-refractivity contribution >= 4 is 27.0 Å². The molecule has 0 bridgehead atoms. The van der Waals surface area contributed by atoms with Crippen LogP contribution < -0.4 is 0 Å². The number of aromatic nitrogens is 1. The van der Waals surface area contributed by atoms with Gasteiger partial charge in [0, 0.05) is 18.9 Å². The minimum atomic E-state index is -3.47. The summed E-state index contributed by atoms with van der Waals surface area (Å²) in [5.41, 5.74) is 1.79. The van der Waals surface area contributed by atoms with E-state index in [0.29, 0.717) is 29.3 Å². The van der Waals surface area contributed by atoms with Crippen LogP contribution in [0.15, 0.2) is 20.8 Å². The van der Waals surface area contributed by atoms with Crippen LogP contribution in [0.2, 0.25) is 0 Å². The molecule has 8 heteroatoms. The summed E-state index contributed by atoms with van der Waals surface area (Å²) in [4.78, 5) is 12.6. The smallest absolute Gasteiger partial charge is 0.162 e. The first-order valence-electron chi connectivity index (χ1n) is 8.00. The second-order valence-corrected chi connectivity index (χ2v) is 9.63. The summed E-state index contributed by atoms with van der Waals surface area (Å²) in [6.07, 6.45) is 2.24. The van der Waals surface area contributed by atoms with Crippen molar-refractivity contribution in [2.75, 3.05) is 5.75 Å². The number of aryl methyl sites for hydroxylation is 1. The number of hydrogen-bond donors (Lipinski definition) is 0. The lowest BCUT2D eigenvalue weighted by molar-refractivity contribution is -0.119. The number of sulfone groups is 1. The summed E-state index contributed by atoms with van der Waals surface area (Å²) in [5, 5.41) is 11.9. The highest BCUT2D eigenvalue weighted by Gasteiger charge is 2.44. The van der Waals surface area contributed by atoms with Gasteiger partial charge in [0.2, 0.25) is 0 Å². The largest absolute Gasteiger partial charge is 0.361 e. The maximum Gasteiger partial charge on any atom is 0.162 e. The van der Waals surface area contributed by atoms with E-state index in [4.69, 9.17) is 4.52 Å². The van der Waals surface area contributed by atoms with Gasteiger partial charge in [-0.05, 0) is 39.5 Å². The van der Waals surface area contributed by atoms with Crippen LogP contribution in [0, 0.1) is 12.8 Å². The Labute approximate surface area is 141 Å². The molecule has 0 unspecified atom stereocenters. The predicted molar refractivity (Wildman–Crippen MR) is 90.0 cm³/mol. The Bertz CT molecular complexity index is 829. The normalized spacial score (nSPS) is 18.5. The monoisotopic (exact) mass is 351 g/mol. The maximum absolute atomic E-state index is 12.6. The number of carbonyl (C=O) groups excluding carboxylic acids is 1. The number of carbonyl (C=O) groups is 1. The summed E-state index contributed by atoms with van der Waals surface area (Å²) >= 11 is 0. The minimum absolute atomic E-state index is 0.0132. The molecule has 130 valence electrons. The van der Waals surface area contributed by atoms with Crippen LogP contribution in [0.4, 0.5) is 0 Å². The summed E-state index contributed by atoms with van der Waals surface area (Å²) in [5.74, 6) is 0.647. The molecule has 0 aromatic carbocycles. The molecule has 0 radical (unpaired) electrons. The zero-order valence-electron chi connectivity index (χ0n) is 14.1. The molecule has 2 aliphatic rings. The first-order valence-corrected chi connectivity index (χ1v) is 9.66. The molecule has 0 N–H and O–H groups in total. The summed E-state index contributed by atoms with van der Waals surface area (Å²) in [6.45, 7) is 4.77. The minimum Gasteiger partial charge on any atom is -0.361 e. The van der Waals surface area contributed by atoms with Crippen LogP contribution >= 0.6 is 0 Å². The predicted octanol–water partition coefficient (Wildman–Crippen LogP) is 2.09. The number of Topliss-reactive ketones (excluding diaryl/α,β-unsaturated/α-hetero) is 1. The Morgan fingerprint density at radius 3 is 2.62 bits per heavy atom. The van der Waals surface area contributed by atoms with Crippen LogP contribution in [0.25, 0.3) is 0 Å². The van der Waals surface area contributed by atoms with Crippen molar-refractivity contribution in [3.63, 3.8) is 0 Å². The van der Waals surface area contributed by atoms with Gasteiger partial charge in [0.15, 0.2) is 15.6 Å². The Balaban J connectivity index is 1.63. The van der Waals surface area contributed by atoms with Gasteiger partial charge in [-0.15, -0.1) is 0 Å². The Hall–Kier alpha value is -1.83. The number of nitrogens with zero attached hydrogens (tertiary/aromatic N) is 3. The van der Waals surface area contributed by atoms with Crippen molar-refractivity contribution in [2.24, 2.45) is 16.1 Å². The van der Waals surface area contributed by atoms with Gasteiger partial charge in [0.05, 0.1) is 17.2 Å². The van der Waals surface area contributed by atoms with Crippen molar-refractivity contribution in [3.05, 3.63) is 17.5 Å². The Morgan fingerprint density at radius 2 is 2.04 bits per heavy atom. The second kappa shape index (κ2) is 5.91. The fourth-order valence-electron chi connectivity index (χ4n) is 2.51. The molecule has 0 amide bonds. The van der Waals surface area contributed by atoms with E-state index in [-0.39, 0.29) is 23.9 Å². The van der Waals surface area contributed by atoms with Crippen LogP contribution in [-0.4, -0.2) is 41.3 Å². The quantitative estimate of drug-likeness (QED) is 0.748. The molecular formula is C16H21N3O4S. The third kappa shape index (κ3) is 3.33. The molecule has 2 heterocycles. The van der Waals surface area contributed by atoms with Crippen LogP contribution in [-0.2, 0) is 14.6 Å². The standard InChI is InChI=1S/C16H21N3O4S/c1-10-6-14(19-23-10)13-7-12(17-18-13)8-15(20)16(2,3)24(21,22)9-11-4-5-11/h6,11H,4-5,7-9H2,1-3H3. The van der Waals surface area contributed by atoms with Crippen LogP contribution in [0.1, 0.15) is 51.0 Å². The van der Waals surface area contributed by atoms with Gasteiger partial charge in [0.25, 0.3) is 0 Å². The van der Waals surface area contributed by atoms with Gasteiger partial charge in [-0.25, -0.2) is 8.42 Å². The van der Waals surface area contributed by atoms with Crippen molar-refractivity contribution in [1.29, 1.82) is 0 Å². The van der Waals surface area contributed by atoms with E-state index in [0.717, 1.165) is 12.8 Å². The van der Waals surface area contributed by atoms with E-state index in [1.54, 1.807) is 13.0 Å². The van der Waals surface area contributed by atoms with E-state index in [1.807, 2.05) is 0 Å². The Morgan fingerprint density at radius 1 is 1.33 bits per heavy atom. The summed E-state index contributed by atoms with van der Waals surface area (Å²) in [7, 11) is -3.47. The average molecular weight is 351 g/mol. The first kappa shape index (κ1) is 17.0. The lowest BCUT2D eigenvalue weighted by atomic mass is 9.99. The van der Waals surface area contributed by atoms with Crippen LogP contribution in [0.5, 0.6) is 0 Å². The van der Waals surface area contributed by atoms with Gasteiger partial charge >= 0.3 is 0 Å². The molecule has 1 aliphatic carbocycles.